The molecule has 0 unspecified atom stereocenters. The van der Waals surface area contributed by atoms with Crippen LogP contribution in [-0.4, -0.2) is 20.4 Å². The highest BCUT2D eigenvalue weighted by molar-refractivity contribution is 5.76. The van der Waals surface area contributed by atoms with Crippen molar-refractivity contribution < 1.29 is 0 Å². The van der Waals surface area contributed by atoms with Gasteiger partial charge in [0.1, 0.15) is 11.3 Å². The largest absolute Gasteiger partial charge is 0.384 e. The maximum atomic E-state index is 7.03. The summed E-state index contributed by atoms with van der Waals surface area (Å²) in [5, 5.41) is 10.6. The normalized spacial score (nSPS) is 10.5. The Hall–Kier alpha value is -2.94. The van der Waals surface area contributed by atoms with Crippen molar-refractivity contribution >= 4 is 22.7 Å². The smallest absolute Gasteiger partial charge is 0.203 e. The molecule has 0 aliphatic carbocycles. The summed E-state index contributed by atoms with van der Waals surface area (Å²) >= 11 is 0. The Morgan fingerprint density at radius 1 is 1.26 bits per heavy atom. The van der Waals surface area contributed by atoms with Crippen LogP contribution < -0.4 is 5.73 Å². The molecular formula is C13H10N6. The Morgan fingerprint density at radius 2 is 2.16 bits per heavy atom. The minimum Gasteiger partial charge on any atom is -0.384 e. The summed E-state index contributed by atoms with van der Waals surface area (Å²) in [4.78, 5) is 7.52. The van der Waals surface area contributed by atoms with Gasteiger partial charge < -0.3 is 5.73 Å². The van der Waals surface area contributed by atoms with Gasteiger partial charge in [0.05, 0.1) is 6.57 Å². The topological polar surface area (TPSA) is 84.8 Å². The molecule has 0 aliphatic heterocycles. The number of rotatable bonds is 2. The molecule has 0 spiro atoms. The lowest BCUT2D eigenvalue weighted by molar-refractivity contribution is 0.953. The molecule has 1 aromatic carbocycles. The maximum Gasteiger partial charge on any atom is 0.203 e. The molecule has 0 atom stereocenters. The standard InChI is InChI=1S/C13H10N6/c1-15-10-4-2-3-8(6-10)5-9-7-11(14)16-13-12(9)17-19-18-13/h2-4,6-7H,5H2,(H3,14,16,17,18,19). The number of anilines is 1. The fraction of sp³-hybridized carbons (Fsp3) is 0.0769. The highest BCUT2D eigenvalue weighted by atomic mass is 15.3. The molecule has 0 radical (unpaired) electrons. The number of H-pyrrole nitrogens is 1. The maximum absolute atomic E-state index is 7.03. The minimum atomic E-state index is 0.415. The molecule has 3 N–H and O–H groups in total. The highest BCUT2D eigenvalue weighted by Gasteiger charge is 2.09. The first kappa shape index (κ1) is 11.2. The lowest BCUT2D eigenvalue weighted by Gasteiger charge is -2.04. The van der Waals surface area contributed by atoms with E-state index in [9.17, 15) is 0 Å². The third kappa shape index (κ3) is 2.09. The van der Waals surface area contributed by atoms with E-state index in [1.165, 1.54) is 0 Å². The molecule has 0 bridgehead atoms. The van der Waals surface area contributed by atoms with E-state index >= 15 is 0 Å². The molecule has 19 heavy (non-hydrogen) atoms. The molecule has 6 nitrogen and oxygen atoms in total. The molecule has 3 rings (SSSR count). The van der Waals surface area contributed by atoms with Crippen molar-refractivity contribution in [3.8, 4) is 0 Å². The van der Waals surface area contributed by atoms with Gasteiger partial charge in [-0.25, -0.2) is 9.83 Å². The van der Waals surface area contributed by atoms with Gasteiger partial charge in [0.15, 0.2) is 5.69 Å². The average Bonchev–Trinajstić information content (AvgIpc) is 2.87. The van der Waals surface area contributed by atoms with Crippen LogP contribution in [0.5, 0.6) is 0 Å². The van der Waals surface area contributed by atoms with Crippen LogP contribution in [0.1, 0.15) is 11.1 Å². The first-order chi connectivity index (χ1) is 9.26. The van der Waals surface area contributed by atoms with Crippen LogP contribution in [0.3, 0.4) is 0 Å². The quantitative estimate of drug-likeness (QED) is 0.682. The zero-order chi connectivity index (χ0) is 13.2. The Kier molecular flexibility index (Phi) is 2.58. The van der Waals surface area contributed by atoms with Crippen molar-refractivity contribution in [1.29, 1.82) is 0 Å². The van der Waals surface area contributed by atoms with Crippen molar-refractivity contribution in [1.82, 2.24) is 20.4 Å². The summed E-state index contributed by atoms with van der Waals surface area (Å²) in [5.41, 5.74) is 9.57. The van der Waals surface area contributed by atoms with Crippen LogP contribution in [0.25, 0.3) is 16.0 Å². The molecule has 0 aliphatic rings. The van der Waals surface area contributed by atoms with E-state index in [4.69, 9.17) is 12.3 Å². The van der Waals surface area contributed by atoms with Gasteiger partial charge in [-0.2, -0.15) is 10.3 Å². The number of aromatic amines is 1. The second kappa shape index (κ2) is 4.38. The Balaban J connectivity index is 2.05. The van der Waals surface area contributed by atoms with Crippen LogP contribution >= 0.6 is 0 Å². The van der Waals surface area contributed by atoms with E-state index in [-0.39, 0.29) is 0 Å². The van der Waals surface area contributed by atoms with Crippen LogP contribution in [0.15, 0.2) is 30.3 Å². The molecule has 6 heteroatoms. The number of nitrogens with one attached hydrogen (secondary N) is 1. The average molecular weight is 250 g/mol. The van der Waals surface area contributed by atoms with Gasteiger partial charge >= 0.3 is 0 Å². The number of nitrogen functional groups attached to an aromatic ring is 1. The van der Waals surface area contributed by atoms with Gasteiger partial charge in [0.25, 0.3) is 0 Å². The summed E-state index contributed by atoms with van der Waals surface area (Å²) < 4.78 is 0. The fourth-order valence-corrected chi connectivity index (χ4v) is 2.01. The van der Waals surface area contributed by atoms with Crippen molar-refractivity contribution in [3.63, 3.8) is 0 Å². The molecule has 0 fully saturated rings. The van der Waals surface area contributed by atoms with E-state index in [2.05, 4.69) is 25.2 Å². The monoisotopic (exact) mass is 250 g/mol. The Morgan fingerprint density at radius 3 is 3.00 bits per heavy atom. The second-order valence-corrected chi connectivity index (χ2v) is 4.16. The third-order valence-corrected chi connectivity index (χ3v) is 2.83. The number of hydrogen-bond donors (Lipinski definition) is 2. The van der Waals surface area contributed by atoms with Gasteiger partial charge in [0, 0.05) is 0 Å². The van der Waals surface area contributed by atoms with Crippen molar-refractivity contribution in [3.05, 3.63) is 52.9 Å². The van der Waals surface area contributed by atoms with E-state index in [1.807, 2.05) is 18.2 Å². The van der Waals surface area contributed by atoms with E-state index in [0.717, 1.165) is 11.1 Å². The lowest BCUT2D eigenvalue weighted by Crippen LogP contribution is -1.96. The van der Waals surface area contributed by atoms with Crippen LogP contribution in [0.2, 0.25) is 0 Å². The molecule has 0 amide bonds. The zero-order valence-corrected chi connectivity index (χ0v) is 9.96. The summed E-state index contributed by atoms with van der Waals surface area (Å²) in [6.45, 7) is 7.03. The predicted octanol–water partition coefficient (Wildman–Crippen LogP) is 2.08. The fourth-order valence-electron chi connectivity index (χ4n) is 2.01. The van der Waals surface area contributed by atoms with Gasteiger partial charge in [-0.05, 0) is 18.1 Å². The van der Waals surface area contributed by atoms with Crippen molar-refractivity contribution in [2.75, 3.05) is 5.73 Å². The summed E-state index contributed by atoms with van der Waals surface area (Å²) in [7, 11) is 0. The van der Waals surface area contributed by atoms with Crippen LogP contribution in [0.4, 0.5) is 11.5 Å². The second-order valence-electron chi connectivity index (χ2n) is 4.16. The van der Waals surface area contributed by atoms with Crippen molar-refractivity contribution in [2.24, 2.45) is 0 Å². The molecule has 92 valence electrons. The van der Waals surface area contributed by atoms with Gasteiger partial charge in [-0.1, -0.05) is 29.8 Å². The number of fused-ring (bicyclic) bond motifs is 1. The lowest BCUT2D eigenvalue weighted by atomic mass is 10.0. The highest BCUT2D eigenvalue weighted by Crippen LogP contribution is 2.21. The van der Waals surface area contributed by atoms with Crippen LogP contribution in [-0.2, 0) is 6.42 Å². The van der Waals surface area contributed by atoms with Gasteiger partial charge in [0.2, 0.25) is 5.65 Å². The molecule has 3 aromatic rings. The first-order valence-electron chi connectivity index (χ1n) is 5.68. The van der Waals surface area contributed by atoms with Crippen LogP contribution in [0, 0.1) is 6.57 Å². The zero-order valence-electron chi connectivity index (χ0n) is 9.96. The predicted molar refractivity (Wildman–Crippen MR) is 71.6 cm³/mol. The summed E-state index contributed by atoms with van der Waals surface area (Å²) in [6, 6.07) is 9.26. The number of nitrogens with two attached hydrogens (primary N) is 1. The number of hydrogen-bond acceptors (Lipinski definition) is 4. The van der Waals surface area contributed by atoms with Gasteiger partial charge in [-0.15, -0.1) is 5.10 Å². The number of nitrogens with zero attached hydrogens (tertiary/aromatic N) is 4. The third-order valence-electron chi connectivity index (χ3n) is 2.83. The molecule has 2 aromatic heterocycles. The van der Waals surface area contributed by atoms with Gasteiger partial charge in [-0.3, -0.25) is 0 Å². The minimum absolute atomic E-state index is 0.415. The number of aromatic nitrogens is 4. The van der Waals surface area contributed by atoms with E-state index in [1.54, 1.807) is 12.1 Å². The summed E-state index contributed by atoms with van der Waals surface area (Å²) in [5.74, 6) is 0.415. The van der Waals surface area contributed by atoms with E-state index in [0.29, 0.717) is 29.1 Å². The number of pyridine rings is 1. The molecule has 0 saturated carbocycles. The first-order valence-corrected chi connectivity index (χ1v) is 5.68. The van der Waals surface area contributed by atoms with E-state index < -0.39 is 0 Å². The molecule has 0 saturated heterocycles. The van der Waals surface area contributed by atoms with Crippen molar-refractivity contribution in [2.45, 2.75) is 6.42 Å². The molecule has 2 heterocycles. The summed E-state index contributed by atoms with van der Waals surface area (Å²) in [6.07, 6.45) is 0.638. The Labute approximate surface area is 109 Å². The Bertz CT molecular complexity index is 783. The SMILES string of the molecule is [C-]#[N+]c1cccc(Cc2cc(N)nc3n[nH]nc23)c1. The number of benzene rings is 1. The molecular weight excluding hydrogens is 240 g/mol.